The number of anilines is 1. The lowest BCUT2D eigenvalue weighted by molar-refractivity contribution is 0.221. The van der Waals surface area contributed by atoms with Crippen LogP contribution in [0.2, 0.25) is 0 Å². The van der Waals surface area contributed by atoms with Crippen LogP contribution in [0.4, 0.5) is 10.6 Å². The molecule has 3 N–H and O–H groups in total. The van der Waals surface area contributed by atoms with Crippen molar-refractivity contribution >= 4 is 23.0 Å². The van der Waals surface area contributed by atoms with E-state index < -0.39 is 0 Å². The molecule has 0 atom stereocenters. The molecule has 9 nitrogen and oxygen atoms in total. The molecule has 1 fully saturated rings. The maximum Gasteiger partial charge on any atom is 0.320 e. The Bertz CT molecular complexity index is 962. The number of hydrogen-bond donors (Lipinski definition) is 3. The normalized spacial score (nSPS) is 15.5. The van der Waals surface area contributed by atoms with E-state index in [9.17, 15) is 4.79 Å². The third-order valence-corrected chi connectivity index (χ3v) is 4.94. The number of nitrogens with zero attached hydrogens (tertiary/aromatic N) is 4. The van der Waals surface area contributed by atoms with Crippen LogP contribution in [0.5, 0.6) is 5.75 Å². The number of aromatic nitrogens is 4. The molecule has 28 heavy (non-hydrogen) atoms. The summed E-state index contributed by atoms with van der Waals surface area (Å²) in [5.41, 5.74) is 2.56. The minimum Gasteiger partial charge on any atom is -0.497 e. The molecule has 0 saturated carbocycles. The van der Waals surface area contributed by atoms with Gasteiger partial charge in [0.15, 0.2) is 11.3 Å². The van der Waals surface area contributed by atoms with Crippen molar-refractivity contribution in [2.45, 2.75) is 18.9 Å². The van der Waals surface area contributed by atoms with E-state index in [4.69, 9.17) is 4.74 Å². The van der Waals surface area contributed by atoms with Gasteiger partial charge in [-0.05, 0) is 57.2 Å². The summed E-state index contributed by atoms with van der Waals surface area (Å²) >= 11 is 0. The van der Waals surface area contributed by atoms with Crippen LogP contribution in [0.1, 0.15) is 12.8 Å². The van der Waals surface area contributed by atoms with Gasteiger partial charge in [0.25, 0.3) is 0 Å². The van der Waals surface area contributed by atoms with E-state index >= 15 is 0 Å². The van der Waals surface area contributed by atoms with Gasteiger partial charge in [0.05, 0.1) is 19.0 Å². The summed E-state index contributed by atoms with van der Waals surface area (Å²) in [6.45, 7) is 1.96. The Morgan fingerprint density at radius 2 is 2.00 bits per heavy atom. The number of nitrogens with one attached hydrogen (secondary N) is 3. The van der Waals surface area contributed by atoms with Crippen molar-refractivity contribution in [1.29, 1.82) is 0 Å². The Hall–Kier alpha value is -3.20. The Labute approximate surface area is 162 Å². The largest absolute Gasteiger partial charge is 0.497 e. The molecule has 3 heterocycles. The van der Waals surface area contributed by atoms with Gasteiger partial charge in [-0.15, -0.1) is 0 Å². The minimum atomic E-state index is -0.267. The van der Waals surface area contributed by atoms with Crippen LogP contribution in [-0.2, 0) is 0 Å². The molecule has 0 radical (unpaired) electrons. The van der Waals surface area contributed by atoms with Crippen molar-refractivity contribution in [3.05, 3.63) is 30.5 Å². The second-order valence-electron chi connectivity index (χ2n) is 6.93. The molecule has 3 aromatic rings. The summed E-state index contributed by atoms with van der Waals surface area (Å²) in [4.78, 5) is 23.6. The molecule has 1 aromatic carbocycles. The Morgan fingerprint density at radius 1 is 1.25 bits per heavy atom. The Balaban J connectivity index is 1.50. The lowest BCUT2D eigenvalue weighted by Crippen LogP contribution is -2.44. The third-order valence-electron chi connectivity index (χ3n) is 4.94. The second kappa shape index (κ2) is 7.81. The zero-order valence-corrected chi connectivity index (χ0v) is 15.9. The van der Waals surface area contributed by atoms with Crippen LogP contribution >= 0.6 is 0 Å². The summed E-state index contributed by atoms with van der Waals surface area (Å²) in [5, 5.41) is 12.8. The number of fused-ring (bicyclic) bond motifs is 1. The smallest absolute Gasteiger partial charge is 0.320 e. The molecule has 2 amide bonds. The van der Waals surface area contributed by atoms with Gasteiger partial charge < -0.3 is 15.0 Å². The summed E-state index contributed by atoms with van der Waals surface area (Å²) < 4.78 is 5.19. The average molecular weight is 381 g/mol. The van der Waals surface area contributed by atoms with Crippen LogP contribution in [0.25, 0.3) is 22.4 Å². The molecular weight excluding hydrogens is 358 g/mol. The molecule has 0 aliphatic carbocycles. The number of hydrogen-bond acceptors (Lipinski definition) is 6. The van der Waals surface area contributed by atoms with Gasteiger partial charge in [0.2, 0.25) is 5.65 Å². The number of H-pyrrole nitrogens is 1. The molecule has 0 bridgehead atoms. The van der Waals surface area contributed by atoms with Gasteiger partial charge in [-0.2, -0.15) is 5.10 Å². The van der Waals surface area contributed by atoms with E-state index in [2.05, 4.69) is 42.7 Å². The van der Waals surface area contributed by atoms with Crippen molar-refractivity contribution in [1.82, 2.24) is 30.4 Å². The first-order chi connectivity index (χ1) is 13.6. The number of rotatable bonds is 4. The number of carbonyl (C=O) groups excluding carboxylic acids is 1. The highest BCUT2D eigenvalue weighted by molar-refractivity contribution is 5.96. The molecule has 0 unspecified atom stereocenters. The van der Waals surface area contributed by atoms with Crippen molar-refractivity contribution in [2.24, 2.45) is 0 Å². The van der Waals surface area contributed by atoms with Gasteiger partial charge in [-0.3, -0.25) is 10.4 Å². The van der Waals surface area contributed by atoms with Crippen molar-refractivity contribution in [3.63, 3.8) is 0 Å². The monoisotopic (exact) mass is 381 g/mol. The number of carbonyl (C=O) groups is 1. The fourth-order valence-corrected chi connectivity index (χ4v) is 3.27. The first-order valence-corrected chi connectivity index (χ1v) is 9.24. The Kier molecular flexibility index (Phi) is 5.07. The molecule has 1 aliphatic heterocycles. The molecule has 1 aliphatic rings. The lowest BCUT2D eigenvalue weighted by atomic mass is 10.1. The van der Waals surface area contributed by atoms with Gasteiger partial charge in [0.1, 0.15) is 5.75 Å². The fourth-order valence-electron chi connectivity index (χ4n) is 3.27. The Morgan fingerprint density at radius 3 is 2.71 bits per heavy atom. The first kappa shape index (κ1) is 18.2. The standard InChI is InChI=1S/C19H23N7O2/c1-26-9-7-13(8-10-26)21-19(27)23-18-16-17(24-25-18)20-11-15(22-16)12-3-5-14(28-2)6-4-12/h3-6,11,13H,7-10H2,1-2H3,(H3,20,21,23,24,25,27). The van der Waals surface area contributed by atoms with Crippen molar-refractivity contribution in [3.8, 4) is 17.0 Å². The van der Waals surface area contributed by atoms with Gasteiger partial charge in [-0.25, -0.2) is 14.8 Å². The van der Waals surface area contributed by atoms with Crippen LogP contribution in [-0.4, -0.2) is 64.4 Å². The van der Waals surface area contributed by atoms with E-state index in [0.717, 1.165) is 37.2 Å². The molecule has 0 spiro atoms. The fraction of sp³-hybridized carbons (Fsp3) is 0.368. The van der Waals surface area contributed by atoms with Crippen molar-refractivity contribution in [2.75, 3.05) is 32.6 Å². The summed E-state index contributed by atoms with van der Waals surface area (Å²) in [6, 6.07) is 7.46. The minimum absolute atomic E-state index is 0.173. The highest BCUT2D eigenvalue weighted by Gasteiger charge is 2.19. The number of likely N-dealkylation sites (tertiary alicyclic amines) is 1. The highest BCUT2D eigenvalue weighted by Crippen LogP contribution is 2.24. The van der Waals surface area contributed by atoms with Crippen LogP contribution in [0, 0.1) is 0 Å². The molecule has 4 rings (SSSR count). The zero-order valence-electron chi connectivity index (χ0n) is 15.9. The maximum atomic E-state index is 12.4. The molecule has 146 valence electrons. The lowest BCUT2D eigenvalue weighted by Gasteiger charge is -2.29. The van der Waals surface area contributed by atoms with Crippen molar-refractivity contribution < 1.29 is 9.53 Å². The highest BCUT2D eigenvalue weighted by atomic mass is 16.5. The number of methoxy groups -OCH3 is 1. The van der Waals surface area contributed by atoms with Gasteiger partial charge >= 0.3 is 6.03 Å². The van der Waals surface area contributed by atoms with E-state index in [1.54, 1.807) is 13.3 Å². The number of amides is 2. The van der Waals surface area contributed by atoms with Crippen LogP contribution < -0.4 is 15.4 Å². The number of ether oxygens (including phenoxy) is 1. The van der Waals surface area contributed by atoms with Crippen LogP contribution in [0.15, 0.2) is 30.5 Å². The van der Waals surface area contributed by atoms with E-state index in [-0.39, 0.29) is 12.1 Å². The maximum absolute atomic E-state index is 12.4. The summed E-state index contributed by atoms with van der Waals surface area (Å²) in [7, 11) is 3.72. The SMILES string of the molecule is COc1ccc(-c2cnc3n[nH]c(NC(=O)NC4CCN(C)CC4)c3n2)cc1. The quantitative estimate of drug-likeness (QED) is 0.640. The average Bonchev–Trinajstić information content (AvgIpc) is 3.11. The van der Waals surface area contributed by atoms with E-state index in [1.807, 2.05) is 24.3 Å². The molecule has 1 saturated heterocycles. The number of piperidine rings is 1. The zero-order chi connectivity index (χ0) is 19.5. The molecule has 2 aromatic heterocycles. The summed E-state index contributed by atoms with van der Waals surface area (Å²) in [6.07, 6.45) is 3.54. The van der Waals surface area contributed by atoms with Gasteiger partial charge in [0, 0.05) is 11.6 Å². The van der Waals surface area contributed by atoms with Crippen LogP contribution in [0.3, 0.4) is 0 Å². The predicted octanol–water partition coefficient (Wildman–Crippen LogP) is 2.24. The number of aromatic amines is 1. The summed E-state index contributed by atoms with van der Waals surface area (Å²) in [5.74, 6) is 1.21. The predicted molar refractivity (Wildman–Crippen MR) is 106 cm³/mol. The molecule has 9 heteroatoms. The second-order valence-corrected chi connectivity index (χ2v) is 6.93. The number of benzene rings is 1. The molecular formula is C19H23N7O2. The number of urea groups is 1. The third kappa shape index (κ3) is 3.89. The van der Waals surface area contributed by atoms with Gasteiger partial charge in [-0.1, -0.05) is 0 Å². The topological polar surface area (TPSA) is 108 Å². The van der Waals surface area contributed by atoms with E-state index in [1.165, 1.54) is 0 Å². The first-order valence-electron chi connectivity index (χ1n) is 9.24. The van der Waals surface area contributed by atoms with E-state index in [0.29, 0.717) is 22.7 Å².